The van der Waals surface area contributed by atoms with Crippen molar-refractivity contribution in [3.63, 3.8) is 0 Å². The Morgan fingerprint density at radius 1 is 1.35 bits per heavy atom. The van der Waals surface area contributed by atoms with Gasteiger partial charge >= 0.3 is 0 Å². The number of hydrogen-bond acceptors (Lipinski definition) is 3. The SMILES string of the molecule is Cc1ccc(C#N)cc1NC1CCCc2cccnc21. The van der Waals surface area contributed by atoms with E-state index in [0.29, 0.717) is 5.56 Å². The third kappa shape index (κ3) is 2.37. The van der Waals surface area contributed by atoms with E-state index in [-0.39, 0.29) is 6.04 Å². The molecule has 1 unspecified atom stereocenters. The highest BCUT2D eigenvalue weighted by Crippen LogP contribution is 2.32. The average Bonchev–Trinajstić information content (AvgIpc) is 2.50. The molecule has 3 rings (SSSR count). The van der Waals surface area contributed by atoms with Gasteiger partial charge in [-0.05, 0) is 55.5 Å². The van der Waals surface area contributed by atoms with Gasteiger partial charge in [-0.25, -0.2) is 0 Å². The fourth-order valence-corrected chi connectivity index (χ4v) is 2.78. The Bertz CT molecular complexity index is 670. The number of anilines is 1. The normalized spacial score (nSPS) is 17.1. The summed E-state index contributed by atoms with van der Waals surface area (Å²) in [4.78, 5) is 4.54. The Morgan fingerprint density at radius 3 is 3.10 bits per heavy atom. The number of aromatic nitrogens is 1. The summed E-state index contributed by atoms with van der Waals surface area (Å²) in [5.41, 5.74) is 5.38. The summed E-state index contributed by atoms with van der Waals surface area (Å²) in [7, 11) is 0. The molecule has 1 atom stereocenters. The second kappa shape index (κ2) is 5.34. The topological polar surface area (TPSA) is 48.7 Å². The van der Waals surface area contributed by atoms with Crippen molar-refractivity contribution in [2.45, 2.75) is 32.2 Å². The first-order valence-electron chi connectivity index (χ1n) is 6.99. The molecule has 2 aromatic rings. The molecule has 20 heavy (non-hydrogen) atoms. The van der Waals surface area contributed by atoms with Crippen molar-refractivity contribution in [1.82, 2.24) is 4.98 Å². The number of fused-ring (bicyclic) bond motifs is 1. The Kier molecular flexibility index (Phi) is 3.39. The van der Waals surface area contributed by atoms with E-state index in [2.05, 4.69) is 29.4 Å². The number of nitriles is 1. The lowest BCUT2D eigenvalue weighted by Gasteiger charge is -2.26. The molecule has 3 heteroatoms. The lowest BCUT2D eigenvalue weighted by Crippen LogP contribution is -2.19. The van der Waals surface area contributed by atoms with Gasteiger partial charge in [0.25, 0.3) is 0 Å². The molecule has 0 saturated heterocycles. The fourth-order valence-electron chi connectivity index (χ4n) is 2.78. The summed E-state index contributed by atoms with van der Waals surface area (Å²) in [5, 5.41) is 12.6. The van der Waals surface area contributed by atoms with Gasteiger partial charge in [0.2, 0.25) is 0 Å². The van der Waals surface area contributed by atoms with Crippen molar-refractivity contribution in [2.24, 2.45) is 0 Å². The van der Waals surface area contributed by atoms with Crippen molar-refractivity contribution in [1.29, 1.82) is 5.26 Å². The van der Waals surface area contributed by atoms with Crippen LogP contribution < -0.4 is 5.32 Å². The first-order chi connectivity index (χ1) is 9.78. The minimum absolute atomic E-state index is 0.243. The summed E-state index contributed by atoms with van der Waals surface area (Å²) >= 11 is 0. The lowest BCUT2D eigenvalue weighted by molar-refractivity contribution is 0.583. The number of aryl methyl sites for hydroxylation is 2. The lowest BCUT2D eigenvalue weighted by atomic mass is 9.91. The van der Waals surface area contributed by atoms with Crippen LogP contribution in [0, 0.1) is 18.3 Å². The van der Waals surface area contributed by atoms with Crippen LogP contribution in [0.3, 0.4) is 0 Å². The molecule has 0 radical (unpaired) electrons. The van der Waals surface area contributed by atoms with E-state index in [0.717, 1.165) is 29.8 Å². The van der Waals surface area contributed by atoms with Gasteiger partial charge in [-0.15, -0.1) is 0 Å². The van der Waals surface area contributed by atoms with Crippen molar-refractivity contribution in [3.05, 3.63) is 58.9 Å². The Labute approximate surface area is 119 Å². The zero-order chi connectivity index (χ0) is 13.9. The van der Waals surface area contributed by atoms with E-state index in [9.17, 15) is 0 Å². The molecule has 0 aliphatic heterocycles. The smallest absolute Gasteiger partial charge is 0.0992 e. The van der Waals surface area contributed by atoms with Gasteiger partial charge in [0.05, 0.1) is 23.4 Å². The molecule has 0 saturated carbocycles. The predicted octanol–water partition coefficient (Wildman–Crippen LogP) is 3.75. The molecule has 0 amide bonds. The van der Waals surface area contributed by atoms with Crippen molar-refractivity contribution >= 4 is 5.69 Å². The summed E-state index contributed by atoms with van der Waals surface area (Å²) in [6.07, 6.45) is 5.23. The highest BCUT2D eigenvalue weighted by Gasteiger charge is 2.21. The third-order valence-electron chi connectivity index (χ3n) is 3.89. The van der Waals surface area contributed by atoms with Gasteiger partial charge in [-0.2, -0.15) is 5.26 Å². The number of rotatable bonds is 2. The van der Waals surface area contributed by atoms with E-state index < -0.39 is 0 Å². The number of nitrogens with zero attached hydrogens (tertiary/aromatic N) is 2. The molecule has 0 spiro atoms. The van der Waals surface area contributed by atoms with Crippen LogP contribution in [0.15, 0.2) is 36.5 Å². The molecule has 1 aliphatic rings. The Morgan fingerprint density at radius 2 is 2.25 bits per heavy atom. The second-order valence-electron chi connectivity index (χ2n) is 5.28. The van der Waals surface area contributed by atoms with Crippen molar-refractivity contribution in [2.75, 3.05) is 5.32 Å². The summed E-state index contributed by atoms with van der Waals surface area (Å²) in [6, 6.07) is 12.4. The minimum atomic E-state index is 0.243. The number of nitrogens with one attached hydrogen (secondary N) is 1. The molecule has 100 valence electrons. The molecule has 3 nitrogen and oxygen atoms in total. The maximum atomic E-state index is 9.03. The standard InChI is InChI=1S/C17H17N3/c1-12-7-8-13(11-18)10-16(12)20-15-6-2-4-14-5-3-9-19-17(14)15/h3,5,7-10,15,20H,2,4,6H2,1H3. The molecule has 1 aromatic carbocycles. The van der Waals surface area contributed by atoms with Gasteiger partial charge in [-0.3, -0.25) is 4.98 Å². The largest absolute Gasteiger partial charge is 0.376 e. The average molecular weight is 263 g/mol. The molecule has 0 bridgehead atoms. The monoisotopic (exact) mass is 263 g/mol. The second-order valence-corrected chi connectivity index (χ2v) is 5.28. The third-order valence-corrected chi connectivity index (χ3v) is 3.89. The van der Waals surface area contributed by atoms with Gasteiger partial charge in [-0.1, -0.05) is 12.1 Å². The number of pyridine rings is 1. The molecular weight excluding hydrogens is 246 g/mol. The van der Waals surface area contributed by atoms with E-state index in [4.69, 9.17) is 5.26 Å². The van der Waals surface area contributed by atoms with Crippen LogP contribution in [0.2, 0.25) is 0 Å². The highest BCUT2D eigenvalue weighted by atomic mass is 15.0. The zero-order valence-electron chi connectivity index (χ0n) is 11.6. The van der Waals surface area contributed by atoms with Crippen LogP contribution in [0.4, 0.5) is 5.69 Å². The van der Waals surface area contributed by atoms with Crippen molar-refractivity contribution in [3.8, 4) is 6.07 Å². The quantitative estimate of drug-likeness (QED) is 0.897. The number of benzene rings is 1. The zero-order valence-corrected chi connectivity index (χ0v) is 11.6. The Hall–Kier alpha value is -2.34. The Balaban J connectivity index is 1.91. The molecule has 1 N–H and O–H groups in total. The molecule has 1 aliphatic carbocycles. The highest BCUT2D eigenvalue weighted by molar-refractivity contribution is 5.56. The first-order valence-corrected chi connectivity index (χ1v) is 6.99. The number of hydrogen-bond donors (Lipinski definition) is 1. The van der Waals surface area contributed by atoms with Gasteiger partial charge in [0.1, 0.15) is 0 Å². The van der Waals surface area contributed by atoms with E-state index in [1.54, 1.807) is 0 Å². The van der Waals surface area contributed by atoms with E-state index in [1.807, 2.05) is 30.5 Å². The van der Waals surface area contributed by atoms with Crippen LogP contribution in [0.5, 0.6) is 0 Å². The molecule has 0 fully saturated rings. The van der Waals surface area contributed by atoms with E-state index in [1.165, 1.54) is 12.0 Å². The first kappa shape index (κ1) is 12.7. The summed E-state index contributed by atoms with van der Waals surface area (Å²) in [5.74, 6) is 0. The molecular formula is C17H17N3. The van der Waals surface area contributed by atoms with Gasteiger partial charge in [0.15, 0.2) is 0 Å². The fraction of sp³-hybridized carbons (Fsp3) is 0.294. The molecule has 1 aromatic heterocycles. The van der Waals surface area contributed by atoms with Crippen LogP contribution in [-0.2, 0) is 6.42 Å². The van der Waals surface area contributed by atoms with E-state index >= 15 is 0 Å². The van der Waals surface area contributed by atoms with Crippen LogP contribution in [0.1, 0.15) is 41.3 Å². The summed E-state index contributed by atoms with van der Waals surface area (Å²) in [6.45, 7) is 2.06. The summed E-state index contributed by atoms with van der Waals surface area (Å²) < 4.78 is 0. The van der Waals surface area contributed by atoms with Crippen LogP contribution >= 0.6 is 0 Å². The van der Waals surface area contributed by atoms with Crippen LogP contribution in [-0.4, -0.2) is 4.98 Å². The predicted molar refractivity (Wildman–Crippen MR) is 79.4 cm³/mol. The van der Waals surface area contributed by atoms with Gasteiger partial charge < -0.3 is 5.32 Å². The maximum Gasteiger partial charge on any atom is 0.0992 e. The van der Waals surface area contributed by atoms with Gasteiger partial charge in [0, 0.05) is 11.9 Å². The maximum absolute atomic E-state index is 9.03. The molecule has 1 heterocycles. The minimum Gasteiger partial charge on any atom is -0.376 e. The van der Waals surface area contributed by atoms with Crippen LogP contribution in [0.25, 0.3) is 0 Å². The van der Waals surface area contributed by atoms with Crippen molar-refractivity contribution < 1.29 is 0 Å².